The Bertz CT molecular complexity index is 1170. The zero-order chi connectivity index (χ0) is 23.8. The summed E-state index contributed by atoms with van der Waals surface area (Å²) >= 11 is 0. The maximum Gasteiger partial charge on any atom is 0.331 e. The van der Waals surface area contributed by atoms with Crippen LogP contribution in [0.5, 0.6) is 17.2 Å². The van der Waals surface area contributed by atoms with Crippen molar-refractivity contribution in [2.45, 2.75) is 13.5 Å². The number of hydrogen-bond donors (Lipinski definition) is 2. The van der Waals surface area contributed by atoms with E-state index >= 15 is 0 Å². The molecule has 0 saturated heterocycles. The monoisotopic (exact) mass is 451 g/mol. The topological polar surface area (TPSA) is 131 Å². The zero-order valence-electron chi connectivity index (χ0n) is 18.8. The first-order chi connectivity index (χ1) is 15.9. The van der Waals surface area contributed by atoms with Crippen molar-refractivity contribution in [3.63, 3.8) is 0 Å². The van der Waals surface area contributed by atoms with Crippen LogP contribution < -0.4 is 25.3 Å². The summed E-state index contributed by atoms with van der Waals surface area (Å²) in [6.45, 7) is 1.77. The van der Waals surface area contributed by atoms with Gasteiger partial charge in [0.15, 0.2) is 23.9 Å². The van der Waals surface area contributed by atoms with Crippen LogP contribution in [0.15, 0.2) is 42.5 Å². The fourth-order valence-corrected chi connectivity index (χ4v) is 2.92. The molecule has 0 atom stereocenters. The van der Waals surface area contributed by atoms with Crippen molar-refractivity contribution in [1.82, 2.24) is 15.0 Å². The van der Waals surface area contributed by atoms with Crippen LogP contribution in [0, 0.1) is 6.92 Å². The highest BCUT2D eigenvalue weighted by Gasteiger charge is 2.11. The SMILES string of the molecule is COc1cc(OC)c(OC)cc1/C=C/C(=O)OCc1nc(N)nc(Nc2ccccc2C)n1. The lowest BCUT2D eigenvalue weighted by Gasteiger charge is -2.12. The van der Waals surface area contributed by atoms with Gasteiger partial charge in [0.25, 0.3) is 0 Å². The van der Waals surface area contributed by atoms with Crippen LogP contribution in [0.1, 0.15) is 17.0 Å². The lowest BCUT2D eigenvalue weighted by atomic mass is 10.1. The molecule has 3 rings (SSSR count). The van der Waals surface area contributed by atoms with E-state index in [4.69, 9.17) is 24.7 Å². The molecule has 10 heteroatoms. The molecule has 10 nitrogen and oxygen atoms in total. The number of carbonyl (C=O) groups is 1. The Labute approximate surface area is 191 Å². The highest BCUT2D eigenvalue weighted by atomic mass is 16.5. The van der Waals surface area contributed by atoms with E-state index in [1.165, 1.54) is 27.4 Å². The highest BCUT2D eigenvalue weighted by Crippen LogP contribution is 2.35. The summed E-state index contributed by atoms with van der Waals surface area (Å²) < 4.78 is 21.1. The van der Waals surface area contributed by atoms with Crippen LogP contribution in [-0.4, -0.2) is 42.3 Å². The van der Waals surface area contributed by atoms with E-state index in [1.54, 1.807) is 18.2 Å². The minimum absolute atomic E-state index is 0.0118. The molecule has 3 N–H and O–H groups in total. The average Bonchev–Trinajstić information content (AvgIpc) is 2.81. The summed E-state index contributed by atoms with van der Waals surface area (Å²) in [6.07, 6.45) is 2.82. The number of anilines is 3. The number of nitrogens with one attached hydrogen (secondary N) is 1. The molecule has 0 aliphatic heterocycles. The Morgan fingerprint density at radius 1 is 1.00 bits per heavy atom. The quantitative estimate of drug-likeness (QED) is 0.369. The van der Waals surface area contributed by atoms with Gasteiger partial charge in [-0.25, -0.2) is 4.79 Å². The van der Waals surface area contributed by atoms with E-state index in [2.05, 4.69) is 20.3 Å². The summed E-state index contributed by atoms with van der Waals surface area (Å²) in [7, 11) is 4.57. The summed E-state index contributed by atoms with van der Waals surface area (Å²) in [5, 5.41) is 3.09. The second kappa shape index (κ2) is 10.8. The van der Waals surface area contributed by atoms with Gasteiger partial charge in [-0.2, -0.15) is 15.0 Å². The van der Waals surface area contributed by atoms with Crippen molar-refractivity contribution >= 4 is 29.6 Å². The Morgan fingerprint density at radius 3 is 2.39 bits per heavy atom. The van der Waals surface area contributed by atoms with Crippen LogP contribution in [0.25, 0.3) is 6.08 Å². The maximum atomic E-state index is 12.2. The average molecular weight is 451 g/mol. The number of rotatable bonds is 9. The largest absolute Gasteiger partial charge is 0.496 e. The number of hydrogen-bond acceptors (Lipinski definition) is 10. The number of ether oxygens (including phenoxy) is 4. The summed E-state index contributed by atoms with van der Waals surface area (Å²) in [5.41, 5.74) is 8.24. The van der Waals surface area contributed by atoms with E-state index < -0.39 is 5.97 Å². The number of aromatic nitrogens is 3. The number of nitrogens with two attached hydrogens (primary N) is 1. The molecule has 33 heavy (non-hydrogen) atoms. The van der Waals surface area contributed by atoms with Gasteiger partial charge in [-0.3, -0.25) is 0 Å². The molecule has 0 fully saturated rings. The van der Waals surface area contributed by atoms with Gasteiger partial charge < -0.3 is 30.0 Å². The first-order valence-electron chi connectivity index (χ1n) is 9.91. The molecule has 172 valence electrons. The van der Waals surface area contributed by atoms with E-state index in [9.17, 15) is 4.79 Å². The summed E-state index contributed by atoms with van der Waals surface area (Å²) in [5.74, 6) is 1.40. The van der Waals surface area contributed by atoms with Gasteiger partial charge in [0.05, 0.1) is 21.3 Å². The minimum Gasteiger partial charge on any atom is -0.496 e. The van der Waals surface area contributed by atoms with Gasteiger partial charge in [0.2, 0.25) is 11.9 Å². The molecule has 0 amide bonds. The van der Waals surface area contributed by atoms with E-state index in [-0.39, 0.29) is 24.3 Å². The zero-order valence-corrected chi connectivity index (χ0v) is 18.8. The molecule has 0 bridgehead atoms. The van der Waals surface area contributed by atoms with Crippen LogP contribution in [0.4, 0.5) is 17.6 Å². The van der Waals surface area contributed by atoms with Gasteiger partial charge in [-0.05, 0) is 30.7 Å². The third-order valence-electron chi connectivity index (χ3n) is 4.57. The van der Waals surface area contributed by atoms with Crippen molar-refractivity contribution < 1.29 is 23.7 Å². The third-order valence-corrected chi connectivity index (χ3v) is 4.57. The molecule has 3 aromatic rings. The van der Waals surface area contributed by atoms with E-state index in [0.29, 0.717) is 22.8 Å². The van der Waals surface area contributed by atoms with Gasteiger partial charge in [-0.1, -0.05) is 18.2 Å². The van der Waals surface area contributed by atoms with Crippen LogP contribution >= 0.6 is 0 Å². The first kappa shape index (κ1) is 23.3. The van der Waals surface area contributed by atoms with Gasteiger partial charge in [0.1, 0.15) is 5.75 Å². The summed E-state index contributed by atoms with van der Waals surface area (Å²) in [4.78, 5) is 24.6. The molecule has 2 aromatic carbocycles. The van der Waals surface area contributed by atoms with Crippen molar-refractivity contribution in [1.29, 1.82) is 0 Å². The maximum absolute atomic E-state index is 12.2. The van der Waals surface area contributed by atoms with Crippen molar-refractivity contribution in [2.24, 2.45) is 0 Å². The van der Waals surface area contributed by atoms with Crippen LogP contribution in [0.3, 0.4) is 0 Å². The Kier molecular flexibility index (Phi) is 7.64. The number of para-hydroxylation sites is 1. The molecule has 0 aliphatic carbocycles. The lowest BCUT2D eigenvalue weighted by molar-refractivity contribution is -0.139. The predicted molar refractivity (Wildman–Crippen MR) is 124 cm³/mol. The molecule has 0 spiro atoms. The molecule has 1 aromatic heterocycles. The fourth-order valence-electron chi connectivity index (χ4n) is 2.92. The molecule has 1 heterocycles. The fraction of sp³-hybridized carbons (Fsp3) is 0.217. The second-order valence-corrected chi connectivity index (χ2v) is 6.76. The van der Waals surface area contributed by atoms with E-state index in [0.717, 1.165) is 11.3 Å². The molecular formula is C23H25N5O5. The number of methoxy groups -OCH3 is 3. The van der Waals surface area contributed by atoms with Gasteiger partial charge in [0, 0.05) is 23.4 Å². The smallest absolute Gasteiger partial charge is 0.331 e. The van der Waals surface area contributed by atoms with Crippen LogP contribution in [0.2, 0.25) is 0 Å². The molecule has 0 radical (unpaired) electrons. The number of nitrogen functional groups attached to an aromatic ring is 1. The Balaban J connectivity index is 1.68. The predicted octanol–water partition coefficient (Wildman–Crippen LogP) is 3.29. The molecule has 0 saturated carbocycles. The van der Waals surface area contributed by atoms with Crippen molar-refractivity contribution in [3.8, 4) is 17.2 Å². The number of carbonyl (C=O) groups excluding carboxylic acids is 1. The number of benzene rings is 2. The number of nitrogens with zero attached hydrogens (tertiary/aromatic N) is 3. The Hall–Kier alpha value is -4.34. The van der Waals surface area contributed by atoms with Crippen molar-refractivity contribution in [2.75, 3.05) is 32.4 Å². The van der Waals surface area contributed by atoms with Crippen LogP contribution in [-0.2, 0) is 16.1 Å². The highest BCUT2D eigenvalue weighted by molar-refractivity contribution is 5.87. The first-order valence-corrected chi connectivity index (χ1v) is 9.91. The summed E-state index contributed by atoms with van der Waals surface area (Å²) in [6, 6.07) is 11.0. The molecular weight excluding hydrogens is 426 g/mol. The third kappa shape index (κ3) is 6.10. The lowest BCUT2D eigenvalue weighted by Crippen LogP contribution is -2.10. The second-order valence-electron chi connectivity index (χ2n) is 6.76. The molecule has 0 unspecified atom stereocenters. The van der Waals surface area contributed by atoms with Gasteiger partial charge >= 0.3 is 5.97 Å². The van der Waals surface area contributed by atoms with Crippen molar-refractivity contribution in [3.05, 3.63) is 59.4 Å². The Morgan fingerprint density at radius 2 is 1.70 bits per heavy atom. The molecule has 0 aliphatic rings. The standard InChI is InChI=1S/C23H25N5O5/c1-14-7-5-6-8-16(14)25-23-27-20(26-22(24)28-23)13-33-21(29)10-9-15-11-18(31-3)19(32-4)12-17(15)30-2/h5-12H,13H2,1-4H3,(H3,24,25,26,27,28)/b10-9+. The number of aryl methyl sites for hydroxylation is 1. The minimum atomic E-state index is -0.598. The van der Waals surface area contributed by atoms with Gasteiger partial charge in [-0.15, -0.1) is 0 Å². The van der Waals surface area contributed by atoms with E-state index in [1.807, 2.05) is 31.2 Å². The number of esters is 1. The normalized spacial score (nSPS) is 10.7.